The third-order valence-corrected chi connectivity index (χ3v) is 3.58. The minimum Gasteiger partial charge on any atom is -0.382 e. The number of hydrogen-bond acceptors (Lipinski definition) is 4. The largest absolute Gasteiger partial charge is 0.382 e. The second kappa shape index (κ2) is 6.83. The molecule has 3 N–H and O–H groups in total. The third kappa shape index (κ3) is 3.79. The Balaban J connectivity index is 1.87. The second-order valence-corrected chi connectivity index (χ2v) is 5.21. The lowest BCUT2D eigenvalue weighted by Gasteiger charge is -2.36. The van der Waals surface area contributed by atoms with Gasteiger partial charge in [0.25, 0.3) is 0 Å². The van der Waals surface area contributed by atoms with Gasteiger partial charge in [0, 0.05) is 12.8 Å². The van der Waals surface area contributed by atoms with Gasteiger partial charge in [-0.1, -0.05) is 12.1 Å². The standard InChI is InChI=1S/C15H22N2O3/c1-19-8-9-20-11-12-4-2-5-13(10-12)17-14(18)15(16)6-3-7-15/h2,4-5,10H,3,6-9,11,16H2,1H3,(H,17,18). The maximum absolute atomic E-state index is 12.0. The van der Waals surface area contributed by atoms with E-state index in [1.54, 1.807) is 7.11 Å². The van der Waals surface area contributed by atoms with Gasteiger partial charge < -0.3 is 20.5 Å². The molecule has 5 heteroatoms. The van der Waals surface area contributed by atoms with Crippen LogP contribution in [0.1, 0.15) is 24.8 Å². The Labute approximate surface area is 119 Å². The summed E-state index contributed by atoms with van der Waals surface area (Å²) in [4.78, 5) is 12.0. The second-order valence-electron chi connectivity index (χ2n) is 5.21. The van der Waals surface area contributed by atoms with Gasteiger partial charge in [-0.2, -0.15) is 0 Å². The molecule has 0 spiro atoms. The maximum atomic E-state index is 12.0. The van der Waals surface area contributed by atoms with E-state index in [2.05, 4.69) is 5.32 Å². The van der Waals surface area contributed by atoms with Crippen molar-refractivity contribution < 1.29 is 14.3 Å². The lowest BCUT2D eigenvalue weighted by atomic mass is 9.77. The average Bonchev–Trinajstić information content (AvgIpc) is 2.41. The number of ether oxygens (including phenoxy) is 2. The Bertz CT molecular complexity index is 458. The summed E-state index contributed by atoms with van der Waals surface area (Å²) in [5.74, 6) is -0.0961. The van der Waals surface area contributed by atoms with Crippen LogP contribution in [0.4, 0.5) is 5.69 Å². The molecule has 0 atom stereocenters. The number of hydrogen-bond donors (Lipinski definition) is 2. The molecule has 1 fully saturated rings. The Kier molecular flexibility index (Phi) is 5.11. The summed E-state index contributed by atoms with van der Waals surface area (Å²) < 4.78 is 10.4. The molecule has 20 heavy (non-hydrogen) atoms. The first-order valence-electron chi connectivity index (χ1n) is 6.90. The monoisotopic (exact) mass is 278 g/mol. The fourth-order valence-electron chi connectivity index (χ4n) is 2.11. The zero-order valence-corrected chi connectivity index (χ0v) is 11.9. The number of benzene rings is 1. The van der Waals surface area contributed by atoms with E-state index >= 15 is 0 Å². The molecule has 0 saturated heterocycles. The van der Waals surface area contributed by atoms with Crippen LogP contribution in [0.5, 0.6) is 0 Å². The van der Waals surface area contributed by atoms with Gasteiger partial charge in [0.1, 0.15) is 0 Å². The molecule has 1 aromatic carbocycles. The molecule has 5 nitrogen and oxygen atoms in total. The number of carbonyl (C=O) groups excluding carboxylic acids is 1. The zero-order valence-electron chi connectivity index (χ0n) is 11.9. The van der Waals surface area contributed by atoms with Crippen molar-refractivity contribution >= 4 is 11.6 Å². The van der Waals surface area contributed by atoms with Crippen molar-refractivity contribution in [3.63, 3.8) is 0 Å². The van der Waals surface area contributed by atoms with Gasteiger partial charge in [-0.05, 0) is 37.0 Å². The highest BCUT2D eigenvalue weighted by Crippen LogP contribution is 2.30. The molecule has 0 aliphatic heterocycles. The van der Waals surface area contributed by atoms with E-state index in [0.717, 1.165) is 30.5 Å². The first-order valence-corrected chi connectivity index (χ1v) is 6.90. The van der Waals surface area contributed by atoms with E-state index in [1.165, 1.54) is 0 Å². The highest BCUT2D eigenvalue weighted by molar-refractivity contribution is 5.98. The number of anilines is 1. The minimum atomic E-state index is -0.676. The maximum Gasteiger partial charge on any atom is 0.244 e. The van der Waals surface area contributed by atoms with Crippen LogP contribution in [0.15, 0.2) is 24.3 Å². The lowest BCUT2D eigenvalue weighted by molar-refractivity contribution is -0.123. The number of rotatable bonds is 7. The van der Waals surface area contributed by atoms with Crippen molar-refractivity contribution in [2.45, 2.75) is 31.4 Å². The lowest BCUT2D eigenvalue weighted by Crippen LogP contribution is -2.56. The molecule has 0 heterocycles. The summed E-state index contributed by atoms with van der Waals surface area (Å²) in [6, 6.07) is 7.63. The molecule has 1 amide bonds. The van der Waals surface area contributed by atoms with Gasteiger partial charge in [0.05, 0.1) is 25.4 Å². The van der Waals surface area contributed by atoms with Gasteiger partial charge in [0.15, 0.2) is 0 Å². The van der Waals surface area contributed by atoms with Gasteiger partial charge in [0.2, 0.25) is 5.91 Å². The van der Waals surface area contributed by atoms with Crippen LogP contribution in [0.25, 0.3) is 0 Å². The van der Waals surface area contributed by atoms with Crippen molar-refractivity contribution in [3.05, 3.63) is 29.8 Å². The fraction of sp³-hybridized carbons (Fsp3) is 0.533. The van der Waals surface area contributed by atoms with Gasteiger partial charge in [-0.15, -0.1) is 0 Å². The van der Waals surface area contributed by atoms with Crippen molar-refractivity contribution in [1.29, 1.82) is 0 Å². The Morgan fingerprint density at radius 2 is 2.20 bits per heavy atom. The number of methoxy groups -OCH3 is 1. The fourth-order valence-corrected chi connectivity index (χ4v) is 2.11. The van der Waals surface area contributed by atoms with Crippen molar-refractivity contribution in [2.24, 2.45) is 5.73 Å². The first kappa shape index (κ1) is 15.0. The van der Waals surface area contributed by atoms with E-state index in [4.69, 9.17) is 15.2 Å². The molecular weight excluding hydrogens is 256 g/mol. The Morgan fingerprint density at radius 1 is 1.40 bits per heavy atom. The van der Waals surface area contributed by atoms with Crippen LogP contribution in [-0.2, 0) is 20.9 Å². The summed E-state index contributed by atoms with van der Waals surface area (Å²) in [5.41, 5.74) is 7.10. The highest BCUT2D eigenvalue weighted by Gasteiger charge is 2.40. The number of carbonyl (C=O) groups is 1. The molecule has 0 bridgehead atoms. The molecule has 0 unspecified atom stereocenters. The molecule has 1 saturated carbocycles. The summed E-state index contributed by atoms with van der Waals surface area (Å²) in [6.45, 7) is 1.63. The quantitative estimate of drug-likeness (QED) is 0.744. The summed E-state index contributed by atoms with van der Waals surface area (Å²) in [7, 11) is 1.64. The smallest absolute Gasteiger partial charge is 0.244 e. The Morgan fingerprint density at radius 3 is 2.85 bits per heavy atom. The molecule has 1 aliphatic carbocycles. The van der Waals surface area contributed by atoms with Crippen LogP contribution in [0, 0.1) is 0 Å². The number of nitrogens with one attached hydrogen (secondary N) is 1. The molecule has 110 valence electrons. The predicted molar refractivity (Wildman–Crippen MR) is 77.4 cm³/mol. The van der Waals surface area contributed by atoms with Crippen molar-refractivity contribution in [3.8, 4) is 0 Å². The van der Waals surface area contributed by atoms with E-state index in [1.807, 2.05) is 24.3 Å². The average molecular weight is 278 g/mol. The topological polar surface area (TPSA) is 73.6 Å². The summed E-state index contributed by atoms with van der Waals surface area (Å²) in [6.07, 6.45) is 2.55. The van der Waals surface area contributed by atoms with Crippen LogP contribution in [-0.4, -0.2) is 31.8 Å². The van der Waals surface area contributed by atoms with E-state index < -0.39 is 5.54 Å². The third-order valence-electron chi connectivity index (χ3n) is 3.58. The van der Waals surface area contributed by atoms with E-state index in [9.17, 15) is 4.79 Å². The van der Waals surface area contributed by atoms with Gasteiger partial charge in [-0.25, -0.2) is 0 Å². The molecule has 0 aromatic heterocycles. The molecule has 1 aromatic rings. The summed E-state index contributed by atoms with van der Waals surface area (Å²) in [5, 5.41) is 2.88. The number of amides is 1. The molecule has 2 rings (SSSR count). The normalized spacial score (nSPS) is 16.5. The molecular formula is C15H22N2O3. The molecule has 1 aliphatic rings. The van der Waals surface area contributed by atoms with Gasteiger partial charge in [-0.3, -0.25) is 4.79 Å². The van der Waals surface area contributed by atoms with E-state index in [0.29, 0.717) is 19.8 Å². The van der Waals surface area contributed by atoms with E-state index in [-0.39, 0.29) is 5.91 Å². The summed E-state index contributed by atoms with van der Waals surface area (Å²) >= 11 is 0. The van der Waals surface area contributed by atoms with Crippen molar-refractivity contribution in [2.75, 3.05) is 25.6 Å². The predicted octanol–water partition coefficient (Wildman–Crippen LogP) is 1.67. The van der Waals surface area contributed by atoms with Crippen LogP contribution < -0.4 is 11.1 Å². The van der Waals surface area contributed by atoms with Crippen LogP contribution in [0.3, 0.4) is 0 Å². The van der Waals surface area contributed by atoms with Gasteiger partial charge >= 0.3 is 0 Å². The van der Waals surface area contributed by atoms with Crippen molar-refractivity contribution in [1.82, 2.24) is 0 Å². The Hall–Kier alpha value is -1.43. The highest BCUT2D eigenvalue weighted by atomic mass is 16.5. The van der Waals surface area contributed by atoms with Crippen LogP contribution >= 0.6 is 0 Å². The first-order chi connectivity index (χ1) is 9.64. The molecule has 0 radical (unpaired) electrons. The SMILES string of the molecule is COCCOCc1cccc(NC(=O)C2(N)CCC2)c1. The zero-order chi connectivity index (χ0) is 14.4. The minimum absolute atomic E-state index is 0.0961. The number of nitrogens with two attached hydrogens (primary N) is 1. The van der Waals surface area contributed by atoms with Crippen LogP contribution in [0.2, 0.25) is 0 Å².